The number of ether oxygens (including phenoxy) is 1. The molecule has 0 unspecified atom stereocenters. The van der Waals surface area contributed by atoms with Crippen LogP contribution in [0.15, 0.2) is 23.8 Å². The lowest BCUT2D eigenvalue weighted by atomic mass is 9.47. The van der Waals surface area contributed by atoms with Gasteiger partial charge in [0, 0.05) is 12.8 Å². The largest absolute Gasteiger partial charge is 0.462 e. The van der Waals surface area contributed by atoms with Gasteiger partial charge in [-0.2, -0.15) is 0 Å². The lowest BCUT2D eigenvalue weighted by Gasteiger charge is -2.58. The summed E-state index contributed by atoms with van der Waals surface area (Å²) < 4.78 is 5.76. The maximum Gasteiger partial charge on any atom is 0.305 e. The molecular weight excluding hydrogens is 392 g/mol. The SMILES string of the molecule is CCC(=O)O[C@@H]1CC[C@@]2(C)C(=CC[C@H]3[C@@H]4CC[C@H]([C@H](C)/C=C/CC(C)C)[C@@]4(C)CC[C@@H]32)C1. The summed E-state index contributed by atoms with van der Waals surface area (Å²) in [5.41, 5.74) is 2.46. The van der Waals surface area contributed by atoms with Crippen molar-refractivity contribution in [2.75, 3.05) is 0 Å². The van der Waals surface area contributed by atoms with E-state index in [1.165, 1.54) is 44.9 Å². The second-order valence-corrected chi connectivity index (χ2v) is 12.6. The van der Waals surface area contributed by atoms with Crippen LogP contribution in [0, 0.1) is 46.3 Å². The Morgan fingerprint density at radius 2 is 1.91 bits per heavy atom. The first kappa shape index (κ1) is 24.1. The summed E-state index contributed by atoms with van der Waals surface area (Å²) in [5, 5.41) is 0. The van der Waals surface area contributed by atoms with Crippen LogP contribution in [0.2, 0.25) is 0 Å². The first-order valence-corrected chi connectivity index (χ1v) is 13.7. The molecule has 0 aromatic carbocycles. The minimum Gasteiger partial charge on any atom is -0.462 e. The summed E-state index contributed by atoms with van der Waals surface area (Å²) >= 11 is 0. The Morgan fingerprint density at radius 3 is 2.62 bits per heavy atom. The van der Waals surface area contributed by atoms with E-state index in [-0.39, 0.29) is 12.1 Å². The van der Waals surface area contributed by atoms with Gasteiger partial charge in [0.05, 0.1) is 0 Å². The second kappa shape index (κ2) is 9.30. The van der Waals surface area contributed by atoms with Crippen LogP contribution in [0.1, 0.15) is 106 Å². The van der Waals surface area contributed by atoms with Crippen LogP contribution in [-0.2, 0) is 9.53 Å². The number of allylic oxidation sites excluding steroid dienone is 3. The number of rotatable bonds is 6. The second-order valence-electron chi connectivity index (χ2n) is 12.6. The third kappa shape index (κ3) is 4.25. The Balaban J connectivity index is 1.48. The molecule has 180 valence electrons. The van der Waals surface area contributed by atoms with Crippen LogP contribution in [-0.4, -0.2) is 12.1 Å². The van der Waals surface area contributed by atoms with E-state index >= 15 is 0 Å². The Hall–Kier alpha value is -1.05. The Labute approximate surface area is 197 Å². The van der Waals surface area contributed by atoms with E-state index in [4.69, 9.17) is 4.74 Å². The predicted molar refractivity (Wildman–Crippen MR) is 133 cm³/mol. The fourth-order valence-electron chi connectivity index (χ4n) is 8.60. The molecule has 0 amide bonds. The molecule has 0 N–H and O–H groups in total. The van der Waals surface area contributed by atoms with Gasteiger partial charge < -0.3 is 4.74 Å². The van der Waals surface area contributed by atoms with Crippen molar-refractivity contribution in [1.29, 1.82) is 0 Å². The van der Waals surface area contributed by atoms with E-state index in [1.54, 1.807) is 5.57 Å². The minimum absolute atomic E-state index is 0.0325. The zero-order valence-corrected chi connectivity index (χ0v) is 21.7. The summed E-state index contributed by atoms with van der Waals surface area (Å²) in [4.78, 5) is 11.8. The van der Waals surface area contributed by atoms with Crippen molar-refractivity contribution in [3.05, 3.63) is 23.8 Å². The Kier molecular flexibility index (Phi) is 7.00. The molecule has 0 bridgehead atoms. The number of hydrogen-bond acceptors (Lipinski definition) is 2. The molecule has 3 fully saturated rings. The van der Waals surface area contributed by atoms with Gasteiger partial charge in [0.25, 0.3) is 0 Å². The molecule has 0 spiro atoms. The average molecular weight is 441 g/mol. The fraction of sp³-hybridized carbons (Fsp3) is 0.833. The van der Waals surface area contributed by atoms with Crippen LogP contribution in [0.25, 0.3) is 0 Å². The van der Waals surface area contributed by atoms with Crippen molar-refractivity contribution in [2.45, 2.75) is 112 Å². The first-order valence-electron chi connectivity index (χ1n) is 13.7. The summed E-state index contributed by atoms with van der Waals surface area (Å²) in [6.07, 6.45) is 19.5. The van der Waals surface area contributed by atoms with Crippen LogP contribution in [0.3, 0.4) is 0 Å². The highest BCUT2D eigenvalue weighted by molar-refractivity contribution is 5.69. The molecule has 32 heavy (non-hydrogen) atoms. The van der Waals surface area contributed by atoms with Crippen molar-refractivity contribution < 1.29 is 9.53 Å². The molecule has 4 aliphatic rings. The Morgan fingerprint density at radius 1 is 1.12 bits per heavy atom. The van der Waals surface area contributed by atoms with Crippen LogP contribution in [0.4, 0.5) is 0 Å². The highest BCUT2D eigenvalue weighted by Gasteiger charge is 2.59. The summed E-state index contributed by atoms with van der Waals surface area (Å²) in [5.74, 6) is 4.84. The molecule has 2 heteroatoms. The van der Waals surface area contributed by atoms with Gasteiger partial charge in [-0.05, 0) is 97.7 Å². The fourth-order valence-corrected chi connectivity index (χ4v) is 8.60. The molecule has 8 atom stereocenters. The van der Waals surface area contributed by atoms with E-state index in [1.807, 2.05) is 6.92 Å². The lowest BCUT2D eigenvalue weighted by molar-refractivity contribution is -0.151. The molecule has 0 saturated heterocycles. The highest BCUT2D eigenvalue weighted by Crippen LogP contribution is 2.67. The molecule has 0 aromatic heterocycles. The van der Waals surface area contributed by atoms with E-state index < -0.39 is 0 Å². The summed E-state index contributed by atoms with van der Waals surface area (Å²) in [6.45, 7) is 14.2. The highest BCUT2D eigenvalue weighted by atomic mass is 16.5. The third-order valence-corrected chi connectivity index (χ3v) is 10.4. The molecule has 0 aromatic rings. The standard InChI is InChI=1S/C30H48O2/c1-7-28(31)32-23-15-17-29(5)22(19-23)11-12-24-26-14-13-25(21(4)10-8-9-20(2)3)30(26,6)18-16-27(24)29/h8,10-11,20-21,23-27H,7,9,12-19H2,1-6H3/b10-8+/t21-,23-,24+,25-,26+,27+,29+,30-/m1/s1. The summed E-state index contributed by atoms with van der Waals surface area (Å²) in [6, 6.07) is 0. The molecule has 0 heterocycles. The molecule has 4 aliphatic carbocycles. The zero-order chi connectivity index (χ0) is 23.1. The molecule has 0 radical (unpaired) electrons. The van der Waals surface area contributed by atoms with Crippen molar-refractivity contribution in [1.82, 2.24) is 0 Å². The van der Waals surface area contributed by atoms with Crippen molar-refractivity contribution in [3.8, 4) is 0 Å². The van der Waals surface area contributed by atoms with Gasteiger partial charge in [-0.15, -0.1) is 0 Å². The smallest absolute Gasteiger partial charge is 0.305 e. The van der Waals surface area contributed by atoms with Gasteiger partial charge in [0.2, 0.25) is 0 Å². The van der Waals surface area contributed by atoms with Crippen molar-refractivity contribution >= 4 is 5.97 Å². The van der Waals surface area contributed by atoms with Gasteiger partial charge in [-0.1, -0.05) is 65.3 Å². The number of hydrogen-bond donors (Lipinski definition) is 0. The Bertz CT molecular complexity index is 748. The monoisotopic (exact) mass is 440 g/mol. The molecule has 4 rings (SSSR count). The van der Waals surface area contributed by atoms with Crippen LogP contribution in [0.5, 0.6) is 0 Å². The van der Waals surface area contributed by atoms with Crippen LogP contribution < -0.4 is 0 Å². The van der Waals surface area contributed by atoms with E-state index in [2.05, 4.69) is 52.8 Å². The average Bonchev–Trinajstić information content (AvgIpc) is 3.11. The predicted octanol–water partition coefficient (Wildman–Crippen LogP) is 8.13. The number of fused-ring (bicyclic) bond motifs is 5. The minimum atomic E-state index is -0.0325. The van der Waals surface area contributed by atoms with Gasteiger partial charge >= 0.3 is 5.97 Å². The normalized spacial score (nSPS) is 42.2. The quantitative estimate of drug-likeness (QED) is 0.308. The lowest BCUT2D eigenvalue weighted by Crippen LogP contribution is -2.51. The van der Waals surface area contributed by atoms with E-state index in [0.29, 0.717) is 23.2 Å². The molecule has 0 aliphatic heterocycles. The van der Waals surface area contributed by atoms with Crippen molar-refractivity contribution in [2.24, 2.45) is 46.3 Å². The first-order chi connectivity index (χ1) is 15.2. The number of carbonyl (C=O) groups is 1. The van der Waals surface area contributed by atoms with E-state index in [9.17, 15) is 4.79 Å². The third-order valence-electron chi connectivity index (χ3n) is 10.4. The molecule has 2 nitrogen and oxygen atoms in total. The van der Waals surface area contributed by atoms with E-state index in [0.717, 1.165) is 42.4 Å². The van der Waals surface area contributed by atoms with Gasteiger partial charge in [0.1, 0.15) is 6.10 Å². The molecular formula is C30H48O2. The zero-order valence-electron chi connectivity index (χ0n) is 21.7. The topological polar surface area (TPSA) is 26.3 Å². The number of carbonyl (C=O) groups excluding carboxylic acids is 1. The maximum absolute atomic E-state index is 11.8. The van der Waals surface area contributed by atoms with Gasteiger partial charge in [-0.3, -0.25) is 4.79 Å². The van der Waals surface area contributed by atoms with Crippen LogP contribution >= 0.6 is 0 Å². The number of esters is 1. The van der Waals surface area contributed by atoms with Gasteiger partial charge in [-0.25, -0.2) is 0 Å². The maximum atomic E-state index is 11.8. The summed E-state index contributed by atoms with van der Waals surface area (Å²) in [7, 11) is 0. The van der Waals surface area contributed by atoms with Gasteiger partial charge in [0.15, 0.2) is 0 Å². The van der Waals surface area contributed by atoms with Crippen molar-refractivity contribution in [3.63, 3.8) is 0 Å². The molecule has 3 saturated carbocycles.